The number of hydrogen-bond acceptors (Lipinski definition) is 5. The Bertz CT molecular complexity index is 1140. The Morgan fingerprint density at radius 1 is 1.12 bits per heavy atom. The van der Waals surface area contributed by atoms with E-state index < -0.39 is 0 Å². The summed E-state index contributed by atoms with van der Waals surface area (Å²) in [7, 11) is 1.72. The fourth-order valence-electron chi connectivity index (χ4n) is 5.64. The minimum absolute atomic E-state index is 0.207. The molecule has 3 heterocycles. The number of rotatable bonds is 6. The first-order chi connectivity index (χ1) is 16.6. The summed E-state index contributed by atoms with van der Waals surface area (Å²) in [5.41, 5.74) is 2.47. The van der Waals surface area contributed by atoms with Crippen LogP contribution in [0.1, 0.15) is 51.8 Å². The molecule has 0 bridgehead atoms. The number of likely N-dealkylation sites (tertiary alicyclic amines) is 1. The fourth-order valence-corrected chi connectivity index (χ4v) is 6.35. The molecule has 3 aromatic rings. The second kappa shape index (κ2) is 9.68. The van der Waals surface area contributed by atoms with Gasteiger partial charge in [0.05, 0.1) is 12.1 Å². The Kier molecular flexibility index (Phi) is 6.48. The van der Waals surface area contributed by atoms with Crippen molar-refractivity contribution < 1.29 is 14.3 Å². The lowest BCUT2D eigenvalue weighted by molar-refractivity contribution is -0.133. The second-order valence-corrected chi connectivity index (χ2v) is 10.1. The average molecular weight is 476 g/mol. The summed E-state index contributed by atoms with van der Waals surface area (Å²) in [6, 6.07) is 17.5. The summed E-state index contributed by atoms with van der Waals surface area (Å²) in [6.45, 7) is 1.39. The van der Waals surface area contributed by atoms with Crippen LogP contribution in [0.15, 0.2) is 66.2 Å². The van der Waals surface area contributed by atoms with Gasteiger partial charge in [0.2, 0.25) is 5.91 Å². The van der Waals surface area contributed by atoms with Gasteiger partial charge in [-0.05, 0) is 54.0 Å². The van der Waals surface area contributed by atoms with Gasteiger partial charge in [-0.3, -0.25) is 14.6 Å². The topological polar surface area (TPSA) is 71.5 Å². The van der Waals surface area contributed by atoms with E-state index in [1.54, 1.807) is 36.8 Å². The molecule has 2 aliphatic rings. The maximum atomic E-state index is 13.0. The number of thiophene rings is 1. The minimum Gasteiger partial charge on any atom is -0.378 e. The van der Waals surface area contributed by atoms with Gasteiger partial charge in [-0.15, -0.1) is 11.3 Å². The highest BCUT2D eigenvalue weighted by molar-refractivity contribution is 7.09. The first-order valence-electron chi connectivity index (χ1n) is 11.8. The Hall–Kier alpha value is -3.03. The van der Waals surface area contributed by atoms with Crippen molar-refractivity contribution in [3.63, 3.8) is 0 Å². The van der Waals surface area contributed by atoms with Crippen LogP contribution in [-0.4, -0.2) is 48.0 Å². The Morgan fingerprint density at radius 3 is 2.62 bits per heavy atom. The summed E-state index contributed by atoms with van der Waals surface area (Å²) in [6.07, 6.45) is 4.37. The highest BCUT2D eigenvalue weighted by Crippen LogP contribution is 2.52. The van der Waals surface area contributed by atoms with Gasteiger partial charge in [0.1, 0.15) is 5.69 Å². The van der Waals surface area contributed by atoms with Gasteiger partial charge in [0.25, 0.3) is 5.91 Å². The van der Waals surface area contributed by atoms with Crippen molar-refractivity contribution in [2.24, 2.45) is 0 Å². The number of nitrogens with one attached hydrogen (secondary N) is 1. The average Bonchev–Trinajstić information content (AvgIpc) is 3.49. The van der Waals surface area contributed by atoms with Gasteiger partial charge in [0, 0.05) is 43.1 Å². The monoisotopic (exact) mass is 475 g/mol. The lowest BCUT2D eigenvalue weighted by Gasteiger charge is -2.44. The third-order valence-corrected chi connectivity index (χ3v) is 8.23. The molecule has 1 N–H and O–H groups in total. The van der Waals surface area contributed by atoms with E-state index in [0.717, 1.165) is 24.8 Å². The zero-order valence-electron chi connectivity index (χ0n) is 19.3. The normalized spacial score (nSPS) is 20.8. The molecule has 1 aromatic carbocycles. The molecule has 2 aromatic heterocycles. The smallest absolute Gasteiger partial charge is 0.270 e. The number of ether oxygens (including phenoxy) is 1. The van der Waals surface area contributed by atoms with Crippen molar-refractivity contribution in [3.05, 3.63) is 87.9 Å². The van der Waals surface area contributed by atoms with Crippen molar-refractivity contribution in [2.75, 3.05) is 20.2 Å². The number of carbonyl (C=O) groups is 2. The van der Waals surface area contributed by atoms with E-state index in [4.69, 9.17) is 4.74 Å². The van der Waals surface area contributed by atoms with Crippen LogP contribution < -0.4 is 5.32 Å². The third-order valence-electron chi connectivity index (χ3n) is 7.29. The van der Waals surface area contributed by atoms with E-state index in [0.29, 0.717) is 25.2 Å². The molecule has 0 radical (unpaired) electrons. The number of aromatic nitrogens is 1. The highest BCUT2D eigenvalue weighted by atomic mass is 32.1. The molecule has 1 aliphatic carbocycles. The molecule has 2 atom stereocenters. The van der Waals surface area contributed by atoms with Crippen LogP contribution >= 0.6 is 11.3 Å². The number of aryl methyl sites for hydroxylation is 1. The van der Waals surface area contributed by atoms with E-state index in [1.165, 1.54) is 10.4 Å². The van der Waals surface area contributed by atoms with Gasteiger partial charge in [-0.25, -0.2) is 0 Å². The Balaban J connectivity index is 1.33. The third kappa shape index (κ3) is 4.14. The zero-order chi connectivity index (χ0) is 23.5. The van der Waals surface area contributed by atoms with Gasteiger partial charge >= 0.3 is 0 Å². The number of amides is 2. The first kappa shape index (κ1) is 22.7. The van der Waals surface area contributed by atoms with Gasteiger partial charge in [-0.1, -0.05) is 36.4 Å². The molecule has 2 amide bonds. The van der Waals surface area contributed by atoms with Crippen molar-refractivity contribution in [2.45, 2.75) is 43.2 Å². The molecule has 0 saturated carbocycles. The SMILES string of the molecule is CO[C@@H]1[C@@H](NC(=O)c2ccccn2)c2ccccc2C12CCN(C(=O)CCc1cccs1)CC2. The van der Waals surface area contributed by atoms with Crippen LogP contribution in [0.25, 0.3) is 0 Å². The summed E-state index contributed by atoms with van der Waals surface area (Å²) in [4.78, 5) is 33.3. The quantitative estimate of drug-likeness (QED) is 0.582. The van der Waals surface area contributed by atoms with E-state index in [-0.39, 0.29) is 29.4 Å². The lowest BCUT2D eigenvalue weighted by atomic mass is 9.71. The molecule has 0 unspecified atom stereocenters. The molecule has 34 heavy (non-hydrogen) atoms. The number of benzene rings is 1. The van der Waals surface area contributed by atoms with Crippen LogP contribution in [0.4, 0.5) is 0 Å². The predicted molar refractivity (Wildman–Crippen MR) is 132 cm³/mol. The molecular weight excluding hydrogens is 446 g/mol. The van der Waals surface area contributed by atoms with Gasteiger partial charge in [0.15, 0.2) is 0 Å². The molecule has 6 nitrogen and oxygen atoms in total. The summed E-state index contributed by atoms with van der Waals surface area (Å²) >= 11 is 1.70. The van der Waals surface area contributed by atoms with Gasteiger partial charge < -0.3 is 15.0 Å². The van der Waals surface area contributed by atoms with Crippen molar-refractivity contribution in [1.29, 1.82) is 0 Å². The number of hydrogen-bond donors (Lipinski definition) is 1. The number of pyridine rings is 1. The van der Waals surface area contributed by atoms with E-state index in [1.807, 2.05) is 23.1 Å². The zero-order valence-corrected chi connectivity index (χ0v) is 20.1. The predicted octanol–water partition coefficient (Wildman–Crippen LogP) is 4.14. The molecule has 176 valence electrons. The number of nitrogens with zero attached hydrogens (tertiary/aromatic N) is 2. The number of fused-ring (bicyclic) bond motifs is 2. The molecule has 1 saturated heterocycles. The van der Waals surface area contributed by atoms with Crippen LogP contribution in [0.3, 0.4) is 0 Å². The lowest BCUT2D eigenvalue weighted by Crippen LogP contribution is -2.51. The number of carbonyl (C=O) groups excluding carboxylic acids is 2. The summed E-state index contributed by atoms with van der Waals surface area (Å²) < 4.78 is 6.09. The maximum absolute atomic E-state index is 13.0. The molecule has 1 spiro atoms. The van der Waals surface area contributed by atoms with Crippen molar-refractivity contribution in [1.82, 2.24) is 15.2 Å². The number of methoxy groups -OCH3 is 1. The summed E-state index contributed by atoms with van der Waals surface area (Å²) in [5.74, 6) is 0.00389. The van der Waals surface area contributed by atoms with Crippen LogP contribution in [0.5, 0.6) is 0 Å². The maximum Gasteiger partial charge on any atom is 0.270 e. The summed E-state index contributed by atoms with van der Waals surface area (Å²) in [5, 5.41) is 5.24. The van der Waals surface area contributed by atoms with Crippen LogP contribution in [0.2, 0.25) is 0 Å². The van der Waals surface area contributed by atoms with E-state index in [2.05, 4.69) is 39.9 Å². The Morgan fingerprint density at radius 2 is 1.91 bits per heavy atom. The molecular formula is C27H29N3O3S. The van der Waals surface area contributed by atoms with Crippen LogP contribution in [-0.2, 0) is 21.4 Å². The highest BCUT2D eigenvalue weighted by Gasteiger charge is 2.54. The van der Waals surface area contributed by atoms with Crippen molar-refractivity contribution >= 4 is 23.2 Å². The van der Waals surface area contributed by atoms with E-state index >= 15 is 0 Å². The molecule has 1 aliphatic heterocycles. The Labute approximate surface area is 204 Å². The minimum atomic E-state index is -0.267. The molecule has 1 fully saturated rings. The largest absolute Gasteiger partial charge is 0.378 e. The van der Waals surface area contributed by atoms with Crippen LogP contribution in [0, 0.1) is 0 Å². The fraction of sp³-hybridized carbons (Fsp3) is 0.370. The molecule has 7 heteroatoms. The standard InChI is InChI=1S/C27H29N3O3S/c1-33-25-24(29-26(32)22-10-4-5-15-28-22)20-8-2-3-9-21(20)27(25)13-16-30(17-14-27)23(31)12-11-19-7-6-18-34-19/h2-10,15,18,24-25H,11-14,16-17H2,1H3,(H,29,32)/t24-,25+/m0/s1. The second-order valence-electron chi connectivity index (χ2n) is 9.03. The van der Waals surface area contributed by atoms with E-state index in [9.17, 15) is 9.59 Å². The van der Waals surface area contributed by atoms with Crippen molar-refractivity contribution in [3.8, 4) is 0 Å². The number of piperidine rings is 1. The first-order valence-corrected chi connectivity index (χ1v) is 12.6. The van der Waals surface area contributed by atoms with Gasteiger partial charge in [-0.2, -0.15) is 0 Å². The molecule has 5 rings (SSSR count).